The first kappa shape index (κ1) is 11.8. The second-order valence-corrected chi connectivity index (χ2v) is 4.90. The third-order valence-electron chi connectivity index (χ3n) is 2.88. The van der Waals surface area contributed by atoms with Gasteiger partial charge in [0.15, 0.2) is 5.82 Å². The van der Waals surface area contributed by atoms with E-state index in [1.807, 2.05) is 0 Å². The summed E-state index contributed by atoms with van der Waals surface area (Å²) in [4.78, 5) is 4.78. The van der Waals surface area contributed by atoms with E-state index in [9.17, 15) is 0 Å². The number of aromatic nitrogens is 2. The van der Waals surface area contributed by atoms with Crippen LogP contribution in [-0.4, -0.2) is 53.2 Å². The monoisotopic (exact) mass is 284 g/mol. The first-order chi connectivity index (χ1) is 7.79. The van der Waals surface area contributed by atoms with Crippen LogP contribution < -0.4 is 4.90 Å². The Kier molecular flexibility index (Phi) is 4.12. The average Bonchev–Trinajstić information content (AvgIpc) is 2.30. The molecule has 1 aromatic rings. The molecule has 4 nitrogen and oxygen atoms in total. The number of alkyl halides is 1. The fourth-order valence-electron chi connectivity index (χ4n) is 1.92. The topological polar surface area (TPSA) is 32.3 Å². The first-order valence-corrected chi connectivity index (χ1v) is 6.74. The van der Waals surface area contributed by atoms with Crippen molar-refractivity contribution in [2.45, 2.75) is 6.92 Å². The Bertz CT molecular complexity index is 337. The minimum absolute atomic E-state index is 1.01. The van der Waals surface area contributed by atoms with Crippen LogP contribution in [0.3, 0.4) is 0 Å². The van der Waals surface area contributed by atoms with Gasteiger partial charge in [-0.15, -0.1) is 5.10 Å². The number of halogens is 1. The largest absolute Gasteiger partial charge is 0.353 e. The molecule has 0 spiro atoms. The van der Waals surface area contributed by atoms with Crippen molar-refractivity contribution < 1.29 is 0 Å². The van der Waals surface area contributed by atoms with E-state index < -0.39 is 0 Å². The number of piperazine rings is 1. The van der Waals surface area contributed by atoms with E-state index >= 15 is 0 Å². The lowest BCUT2D eigenvalue weighted by Gasteiger charge is -2.34. The van der Waals surface area contributed by atoms with Gasteiger partial charge in [0.1, 0.15) is 0 Å². The van der Waals surface area contributed by atoms with Crippen LogP contribution in [0, 0.1) is 6.92 Å². The molecule has 1 aliphatic rings. The van der Waals surface area contributed by atoms with E-state index in [0.717, 1.165) is 43.9 Å². The number of hydrogen-bond donors (Lipinski definition) is 0. The van der Waals surface area contributed by atoms with Gasteiger partial charge in [-0.25, -0.2) is 0 Å². The Morgan fingerprint density at radius 2 is 2.06 bits per heavy atom. The van der Waals surface area contributed by atoms with Crippen molar-refractivity contribution in [3.63, 3.8) is 0 Å². The molecule has 0 saturated carbocycles. The summed E-state index contributed by atoms with van der Waals surface area (Å²) in [5.41, 5.74) is 1.17. The van der Waals surface area contributed by atoms with Crippen LogP contribution in [0.1, 0.15) is 5.56 Å². The molecule has 16 heavy (non-hydrogen) atoms. The molecule has 0 atom stereocenters. The molecule has 1 aromatic heterocycles. The van der Waals surface area contributed by atoms with Crippen molar-refractivity contribution in [1.29, 1.82) is 0 Å². The highest BCUT2D eigenvalue weighted by molar-refractivity contribution is 9.09. The summed E-state index contributed by atoms with van der Waals surface area (Å²) in [6.45, 7) is 7.51. The Morgan fingerprint density at radius 3 is 2.69 bits per heavy atom. The van der Waals surface area contributed by atoms with Gasteiger partial charge in [0, 0.05) is 38.1 Å². The van der Waals surface area contributed by atoms with E-state index in [2.05, 4.69) is 48.9 Å². The number of nitrogens with zero attached hydrogens (tertiary/aromatic N) is 4. The van der Waals surface area contributed by atoms with Gasteiger partial charge < -0.3 is 4.90 Å². The standard InChI is InChI=1S/C11H17BrN4/c1-10-8-11(14-13-9-10)16-6-4-15(3-2-12)5-7-16/h8-9H,2-7H2,1H3. The number of hydrogen-bond acceptors (Lipinski definition) is 4. The van der Waals surface area contributed by atoms with Crippen molar-refractivity contribution in [3.05, 3.63) is 17.8 Å². The lowest BCUT2D eigenvalue weighted by Crippen LogP contribution is -2.47. The molecular formula is C11H17BrN4. The highest BCUT2D eigenvalue weighted by Gasteiger charge is 2.17. The maximum absolute atomic E-state index is 4.18. The van der Waals surface area contributed by atoms with E-state index in [0.29, 0.717) is 0 Å². The predicted molar refractivity (Wildman–Crippen MR) is 69.2 cm³/mol. The zero-order chi connectivity index (χ0) is 11.4. The van der Waals surface area contributed by atoms with Crippen LogP contribution in [0.2, 0.25) is 0 Å². The molecule has 1 saturated heterocycles. The molecule has 88 valence electrons. The van der Waals surface area contributed by atoms with Gasteiger partial charge in [-0.05, 0) is 18.6 Å². The van der Waals surface area contributed by atoms with Gasteiger partial charge in [0.05, 0.1) is 6.20 Å². The molecule has 0 aliphatic carbocycles. The molecule has 2 rings (SSSR count). The van der Waals surface area contributed by atoms with Crippen LogP contribution in [0.15, 0.2) is 12.3 Å². The smallest absolute Gasteiger partial charge is 0.151 e. The zero-order valence-corrected chi connectivity index (χ0v) is 11.2. The summed E-state index contributed by atoms with van der Waals surface area (Å²) in [5, 5.41) is 9.24. The zero-order valence-electron chi connectivity index (χ0n) is 9.56. The quantitative estimate of drug-likeness (QED) is 0.784. The van der Waals surface area contributed by atoms with Crippen molar-refractivity contribution in [1.82, 2.24) is 15.1 Å². The average molecular weight is 285 g/mol. The third-order valence-corrected chi connectivity index (χ3v) is 3.23. The highest BCUT2D eigenvalue weighted by Crippen LogP contribution is 2.13. The molecule has 0 bridgehead atoms. The first-order valence-electron chi connectivity index (χ1n) is 5.62. The van der Waals surface area contributed by atoms with E-state index in [4.69, 9.17) is 0 Å². The molecule has 5 heteroatoms. The van der Waals surface area contributed by atoms with Gasteiger partial charge in [-0.2, -0.15) is 5.10 Å². The Hall–Kier alpha value is -0.680. The van der Waals surface area contributed by atoms with Gasteiger partial charge in [0.25, 0.3) is 0 Å². The van der Waals surface area contributed by atoms with Gasteiger partial charge in [-0.1, -0.05) is 15.9 Å². The maximum Gasteiger partial charge on any atom is 0.151 e. The van der Waals surface area contributed by atoms with Crippen molar-refractivity contribution in [2.24, 2.45) is 0 Å². The minimum atomic E-state index is 1.01. The van der Waals surface area contributed by atoms with Crippen molar-refractivity contribution in [3.8, 4) is 0 Å². The second-order valence-electron chi connectivity index (χ2n) is 4.11. The Balaban J connectivity index is 1.94. The summed E-state index contributed by atoms with van der Waals surface area (Å²) in [5.74, 6) is 1.01. The van der Waals surface area contributed by atoms with Crippen molar-refractivity contribution in [2.75, 3.05) is 43.0 Å². The second kappa shape index (κ2) is 5.59. The molecule has 0 aromatic carbocycles. The lowest BCUT2D eigenvalue weighted by atomic mass is 10.3. The number of rotatable bonds is 3. The fraction of sp³-hybridized carbons (Fsp3) is 0.636. The normalized spacial score (nSPS) is 17.8. The number of aryl methyl sites for hydroxylation is 1. The SMILES string of the molecule is Cc1cnnc(N2CCN(CCBr)CC2)c1. The summed E-state index contributed by atoms with van der Waals surface area (Å²) in [6, 6.07) is 2.10. The molecule has 1 aliphatic heterocycles. The van der Waals surface area contributed by atoms with E-state index in [-0.39, 0.29) is 0 Å². The van der Waals surface area contributed by atoms with Crippen LogP contribution >= 0.6 is 15.9 Å². The summed E-state index contributed by atoms with van der Waals surface area (Å²) in [6.07, 6.45) is 1.80. The molecule has 2 heterocycles. The summed E-state index contributed by atoms with van der Waals surface area (Å²) < 4.78 is 0. The van der Waals surface area contributed by atoms with Crippen LogP contribution in [-0.2, 0) is 0 Å². The van der Waals surface area contributed by atoms with Crippen LogP contribution in [0.5, 0.6) is 0 Å². The maximum atomic E-state index is 4.18. The highest BCUT2D eigenvalue weighted by atomic mass is 79.9. The molecular weight excluding hydrogens is 268 g/mol. The third kappa shape index (κ3) is 2.92. The minimum Gasteiger partial charge on any atom is -0.353 e. The van der Waals surface area contributed by atoms with Crippen LogP contribution in [0.25, 0.3) is 0 Å². The fourth-order valence-corrected chi connectivity index (χ4v) is 2.43. The molecule has 0 radical (unpaired) electrons. The molecule has 0 N–H and O–H groups in total. The van der Waals surface area contributed by atoms with Gasteiger partial charge >= 0.3 is 0 Å². The van der Waals surface area contributed by atoms with E-state index in [1.165, 1.54) is 5.56 Å². The Morgan fingerprint density at radius 1 is 1.31 bits per heavy atom. The van der Waals surface area contributed by atoms with Gasteiger partial charge in [0.2, 0.25) is 0 Å². The van der Waals surface area contributed by atoms with E-state index in [1.54, 1.807) is 6.20 Å². The van der Waals surface area contributed by atoms with Gasteiger partial charge in [-0.3, -0.25) is 4.90 Å². The van der Waals surface area contributed by atoms with Crippen LogP contribution in [0.4, 0.5) is 5.82 Å². The molecule has 1 fully saturated rings. The number of anilines is 1. The Labute approximate surface area is 105 Å². The summed E-state index contributed by atoms with van der Waals surface area (Å²) in [7, 11) is 0. The van der Waals surface area contributed by atoms with Crippen molar-refractivity contribution >= 4 is 21.7 Å². The molecule has 0 unspecified atom stereocenters. The lowest BCUT2D eigenvalue weighted by molar-refractivity contribution is 0.273. The summed E-state index contributed by atoms with van der Waals surface area (Å²) >= 11 is 3.48. The molecule has 0 amide bonds. The predicted octanol–water partition coefficient (Wildman–Crippen LogP) is 1.30.